The zero-order valence-electron chi connectivity index (χ0n) is 12.7. The summed E-state index contributed by atoms with van der Waals surface area (Å²) >= 11 is 18.0. The largest absolute Gasteiger partial charge is 0.361 e. The average molecular weight is 403 g/mol. The summed E-state index contributed by atoms with van der Waals surface area (Å²) < 4.78 is 26.1. The number of rotatable bonds is 6. The highest BCUT2D eigenvalue weighted by Gasteiger charge is 2.39. The maximum atomic E-state index is 12.6. The molecule has 2 N–H and O–H groups in total. The molecule has 0 bridgehead atoms. The highest BCUT2D eigenvalue weighted by atomic mass is 35.5. The van der Waals surface area contributed by atoms with Crippen LogP contribution in [0.4, 0.5) is 0 Å². The normalized spacial score (nSPS) is 13.3. The lowest BCUT2D eigenvalue weighted by molar-refractivity contribution is 0.498. The first-order valence-electron chi connectivity index (χ1n) is 7.01. The Kier molecular flexibility index (Phi) is 6.22. The molecule has 8 heteroatoms. The summed E-state index contributed by atoms with van der Waals surface area (Å²) in [4.78, 5) is 0.466. The van der Waals surface area contributed by atoms with E-state index < -0.39 is 20.5 Å². The molecule has 0 aromatic heterocycles. The highest BCUT2D eigenvalue weighted by Crippen LogP contribution is 2.37. The minimum atomic E-state index is -3.84. The van der Waals surface area contributed by atoms with Crippen molar-refractivity contribution in [2.24, 2.45) is 0 Å². The summed E-state index contributed by atoms with van der Waals surface area (Å²) in [6, 6.07) is 16.7. The molecule has 0 saturated carbocycles. The van der Waals surface area contributed by atoms with Crippen molar-refractivity contribution in [1.29, 1.82) is 0 Å². The van der Waals surface area contributed by atoms with E-state index in [1.165, 1.54) is 12.1 Å². The van der Waals surface area contributed by atoms with Gasteiger partial charge in [0.25, 0.3) is 0 Å². The molecule has 0 heterocycles. The lowest BCUT2D eigenvalue weighted by Crippen LogP contribution is -2.55. The van der Waals surface area contributed by atoms with Gasteiger partial charge in [0.15, 0.2) is 4.33 Å². The number of sulfonamides is 1. The first kappa shape index (κ1) is 19.1. The van der Waals surface area contributed by atoms with Crippen LogP contribution in [0.3, 0.4) is 0 Å². The summed E-state index contributed by atoms with van der Waals surface area (Å²) in [5.41, 5.74) is 0.540. The van der Waals surface area contributed by atoms with E-state index >= 15 is 0 Å². The van der Waals surface area contributed by atoms with Crippen molar-refractivity contribution in [1.82, 2.24) is 10.0 Å². The zero-order valence-corrected chi connectivity index (χ0v) is 15.9. The van der Waals surface area contributed by atoms with Gasteiger partial charge in [0.2, 0.25) is 10.0 Å². The highest BCUT2D eigenvalue weighted by molar-refractivity contribution is 7.89. The molecule has 0 aliphatic carbocycles. The molecular formula is C16H16Cl2N2O2S2. The van der Waals surface area contributed by atoms with Gasteiger partial charge in [-0.25, -0.2) is 8.42 Å². The Bertz CT molecular complexity index is 797. The van der Waals surface area contributed by atoms with E-state index in [1.807, 2.05) is 6.07 Å². The Morgan fingerprint density at radius 3 is 2.04 bits per heavy atom. The molecule has 1 atom stereocenters. The van der Waals surface area contributed by atoms with Gasteiger partial charge in [0.1, 0.15) is 6.17 Å². The van der Waals surface area contributed by atoms with Crippen LogP contribution in [0.2, 0.25) is 0 Å². The van der Waals surface area contributed by atoms with E-state index in [-0.39, 0.29) is 4.90 Å². The third-order valence-electron chi connectivity index (χ3n) is 3.20. The zero-order chi connectivity index (χ0) is 17.8. The summed E-state index contributed by atoms with van der Waals surface area (Å²) in [5, 5.41) is 2.82. The second-order valence-electron chi connectivity index (χ2n) is 5.06. The van der Waals surface area contributed by atoms with Crippen LogP contribution in [-0.2, 0) is 14.4 Å². The van der Waals surface area contributed by atoms with Crippen LogP contribution in [0.1, 0.15) is 12.5 Å². The number of hydrogen-bond acceptors (Lipinski definition) is 3. The van der Waals surface area contributed by atoms with Crippen molar-refractivity contribution in [3.8, 4) is 0 Å². The van der Waals surface area contributed by atoms with Crippen molar-refractivity contribution in [2.45, 2.75) is 22.3 Å². The molecule has 0 aliphatic rings. The molecule has 0 fully saturated rings. The molecule has 2 aromatic carbocycles. The first-order chi connectivity index (χ1) is 11.2. The number of benzene rings is 2. The number of thiocarbonyl (C=S) groups is 1. The molecule has 4 nitrogen and oxygen atoms in total. The lowest BCUT2D eigenvalue weighted by Gasteiger charge is -2.32. The van der Waals surface area contributed by atoms with E-state index in [0.717, 1.165) is 0 Å². The van der Waals surface area contributed by atoms with E-state index in [0.29, 0.717) is 10.6 Å². The Balaban J connectivity index is 2.37. The second kappa shape index (κ2) is 7.80. The molecule has 0 radical (unpaired) electrons. The Hall–Kier alpha value is -1.18. The van der Waals surface area contributed by atoms with Gasteiger partial charge in [0, 0.05) is 0 Å². The van der Waals surface area contributed by atoms with Gasteiger partial charge in [-0.2, -0.15) is 4.72 Å². The summed E-state index contributed by atoms with van der Waals surface area (Å²) in [6.07, 6.45) is -1.05. The van der Waals surface area contributed by atoms with Gasteiger partial charge in [-0.3, -0.25) is 0 Å². The molecule has 0 spiro atoms. The molecule has 2 aromatic rings. The first-order valence-corrected chi connectivity index (χ1v) is 9.66. The van der Waals surface area contributed by atoms with Crippen LogP contribution < -0.4 is 10.0 Å². The fraction of sp³-hybridized carbons (Fsp3) is 0.188. The van der Waals surface area contributed by atoms with Gasteiger partial charge < -0.3 is 5.32 Å². The van der Waals surface area contributed by atoms with Gasteiger partial charge in [0.05, 0.1) is 9.88 Å². The van der Waals surface area contributed by atoms with Crippen molar-refractivity contribution < 1.29 is 8.42 Å². The van der Waals surface area contributed by atoms with Crippen molar-refractivity contribution >= 4 is 50.4 Å². The molecule has 0 aliphatic heterocycles. The molecule has 0 amide bonds. The topological polar surface area (TPSA) is 58.2 Å². The number of hydrogen-bond donors (Lipinski definition) is 2. The minimum absolute atomic E-state index is 0.107. The van der Waals surface area contributed by atoms with E-state index in [2.05, 4.69) is 10.0 Å². The van der Waals surface area contributed by atoms with E-state index in [4.69, 9.17) is 35.4 Å². The van der Waals surface area contributed by atoms with Crippen LogP contribution in [0, 0.1) is 0 Å². The SMILES string of the molecule is CC(=S)NC(NS(=O)(=O)c1ccccc1)C(Cl)(Cl)c1ccccc1. The molecule has 2 rings (SSSR count). The predicted octanol–water partition coefficient (Wildman–Crippen LogP) is 3.56. The van der Waals surface area contributed by atoms with Gasteiger partial charge in [-0.05, 0) is 24.6 Å². The third kappa shape index (κ3) is 4.68. The van der Waals surface area contributed by atoms with Crippen LogP contribution in [0.15, 0.2) is 65.6 Å². The maximum Gasteiger partial charge on any atom is 0.242 e. The Morgan fingerprint density at radius 1 is 1.04 bits per heavy atom. The van der Waals surface area contributed by atoms with Gasteiger partial charge in [-0.15, -0.1) is 0 Å². The van der Waals surface area contributed by atoms with E-state index in [9.17, 15) is 8.42 Å². The third-order valence-corrected chi connectivity index (χ3v) is 5.62. The molecule has 128 valence electrons. The monoisotopic (exact) mass is 402 g/mol. The van der Waals surface area contributed by atoms with Crippen molar-refractivity contribution in [2.75, 3.05) is 0 Å². The van der Waals surface area contributed by atoms with Crippen molar-refractivity contribution in [3.63, 3.8) is 0 Å². The van der Waals surface area contributed by atoms with Crippen LogP contribution >= 0.6 is 35.4 Å². The predicted molar refractivity (Wildman–Crippen MR) is 102 cm³/mol. The smallest absolute Gasteiger partial charge is 0.242 e. The fourth-order valence-corrected chi connectivity index (χ4v) is 3.96. The Labute approximate surface area is 157 Å². The molecular weight excluding hydrogens is 387 g/mol. The molecule has 1 unspecified atom stereocenters. The lowest BCUT2D eigenvalue weighted by atomic mass is 10.1. The van der Waals surface area contributed by atoms with Crippen LogP contribution in [0.25, 0.3) is 0 Å². The van der Waals surface area contributed by atoms with Crippen molar-refractivity contribution in [3.05, 3.63) is 66.2 Å². The second-order valence-corrected chi connectivity index (χ2v) is 8.77. The van der Waals surface area contributed by atoms with Crippen LogP contribution in [-0.4, -0.2) is 19.6 Å². The standard InChI is InChI=1S/C16H16Cl2N2O2S2/c1-12(23)19-15(16(17,18)13-8-4-2-5-9-13)20-24(21,22)14-10-6-3-7-11-14/h2-11,15,20H,1H3,(H,19,23). The summed E-state index contributed by atoms with van der Waals surface area (Å²) in [7, 11) is -3.84. The molecule has 0 saturated heterocycles. The van der Waals surface area contributed by atoms with E-state index in [1.54, 1.807) is 49.4 Å². The maximum absolute atomic E-state index is 12.6. The summed E-state index contributed by atoms with van der Waals surface area (Å²) in [5.74, 6) is 0. The number of halogens is 2. The number of alkyl halides is 2. The minimum Gasteiger partial charge on any atom is -0.361 e. The molecule has 24 heavy (non-hydrogen) atoms. The quantitative estimate of drug-likeness (QED) is 0.440. The number of nitrogens with one attached hydrogen (secondary N) is 2. The summed E-state index contributed by atoms with van der Waals surface area (Å²) in [6.45, 7) is 1.62. The van der Waals surface area contributed by atoms with Gasteiger partial charge in [-0.1, -0.05) is 84.0 Å². The fourth-order valence-electron chi connectivity index (χ4n) is 2.05. The van der Waals surface area contributed by atoms with Gasteiger partial charge >= 0.3 is 0 Å². The average Bonchev–Trinajstić information content (AvgIpc) is 2.55. The Morgan fingerprint density at radius 2 is 1.54 bits per heavy atom. The van der Waals surface area contributed by atoms with Crippen LogP contribution in [0.5, 0.6) is 0 Å².